The number of aliphatic hydroxyl groups is 1. The van der Waals surface area contributed by atoms with Crippen LogP contribution in [0.2, 0.25) is 0 Å². The van der Waals surface area contributed by atoms with E-state index in [9.17, 15) is 9.90 Å². The van der Waals surface area contributed by atoms with Crippen LogP contribution >= 0.6 is 0 Å². The van der Waals surface area contributed by atoms with Crippen molar-refractivity contribution in [2.45, 2.75) is 39.3 Å². The molecule has 1 aromatic carbocycles. The van der Waals surface area contributed by atoms with E-state index in [0.717, 1.165) is 17.5 Å². The smallest absolute Gasteiger partial charge is 0.251 e. The number of guanidine groups is 1. The molecule has 8 nitrogen and oxygen atoms in total. The number of aliphatic imine (C=N–C) groups is 1. The summed E-state index contributed by atoms with van der Waals surface area (Å²) in [5, 5.41) is 24.1. The summed E-state index contributed by atoms with van der Waals surface area (Å²) in [6.07, 6.45) is 4.35. The van der Waals surface area contributed by atoms with E-state index in [-0.39, 0.29) is 12.5 Å². The predicted octanol–water partition coefficient (Wildman–Crippen LogP) is 1.52. The number of hydrogen-bond acceptors (Lipinski definition) is 4. The summed E-state index contributed by atoms with van der Waals surface area (Å²) in [5.41, 5.74) is 1.21. The molecule has 1 atom stereocenters. The Labute approximate surface area is 172 Å². The minimum Gasteiger partial charge on any atom is -0.383 e. The maximum atomic E-state index is 12.1. The van der Waals surface area contributed by atoms with Crippen LogP contribution in [0, 0.1) is 0 Å². The summed E-state index contributed by atoms with van der Waals surface area (Å²) in [4.78, 5) is 16.7. The van der Waals surface area contributed by atoms with Gasteiger partial charge in [0.05, 0.1) is 19.3 Å². The van der Waals surface area contributed by atoms with E-state index >= 15 is 0 Å². The summed E-state index contributed by atoms with van der Waals surface area (Å²) < 4.78 is 1.66. The van der Waals surface area contributed by atoms with Crippen LogP contribution in [0.3, 0.4) is 0 Å². The Balaban J connectivity index is 2.02. The lowest BCUT2D eigenvalue weighted by molar-refractivity contribution is 0.0616. The lowest BCUT2D eigenvalue weighted by Crippen LogP contribution is -2.44. The Morgan fingerprint density at radius 1 is 1.28 bits per heavy atom. The van der Waals surface area contributed by atoms with Gasteiger partial charge in [0, 0.05) is 37.5 Å². The molecule has 0 aliphatic carbocycles. The summed E-state index contributed by atoms with van der Waals surface area (Å²) in [6, 6.07) is 7.45. The van der Waals surface area contributed by atoms with Crippen LogP contribution < -0.4 is 16.0 Å². The van der Waals surface area contributed by atoms with Crippen LogP contribution in [0.25, 0.3) is 0 Å². The van der Waals surface area contributed by atoms with E-state index in [1.54, 1.807) is 30.1 Å². The first-order valence-electron chi connectivity index (χ1n) is 9.96. The Bertz CT molecular complexity index is 828. The van der Waals surface area contributed by atoms with E-state index < -0.39 is 5.60 Å². The number of nitrogens with zero attached hydrogens (tertiary/aromatic N) is 3. The molecule has 1 amide bonds. The number of carbonyl (C=O) groups is 1. The van der Waals surface area contributed by atoms with Gasteiger partial charge in [0.15, 0.2) is 5.96 Å². The molecule has 1 heterocycles. The Morgan fingerprint density at radius 3 is 2.72 bits per heavy atom. The van der Waals surface area contributed by atoms with Crippen LogP contribution in [0.1, 0.15) is 48.7 Å². The van der Waals surface area contributed by atoms with Crippen molar-refractivity contribution < 1.29 is 9.90 Å². The summed E-state index contributed by atoms with van der Waals surface area (Å²) >= 11 is 0. The van der Waals surface area contributed by atoms with E-state index in [4.69, 9.17) is 0 Å². The fourth-order valence-corrected chi connectivity index (χ4v) is 2.72. The molecule has 0 aliphatic heterocycles. The number of hydrogen-bond donors (Lipinski definition) is 4. The summed E-state index contributed by atoms with van der Waals surface area (Å²) in [6.45, 7) is 7.79. The predicted molar refractivity (Wildman–Crippen MR) is 115 cm³/mol. The van der Waals surface area contributed by atoms with Gasteiger partial charge in [-0.05, 0) is 38.0 Å². The minimum atomic E-state index is -1.08. The topological polar surface area (TPSA) is 104 Å². The maximum Gasteiger partial charge on any atom is 0.251 e. The van der Waals surface area contributed by atoms with Crippen LogP contribution in [0.5, 0.6) is 0 Å². The van der Waals surface area contributed by atoms with Gasteiger partial charge < -0.3 is 21.1 Å². The average molecular weight is 401 g/mol. The van der Waals surface area contributed by atoms with Crippen LogP contribution in [-0.4, -0.2) is 46.4 Å². The maximum absolute atomic E-state index is 12.1. The van der Waals surface area contributed by atoms with Crippen molar-refractivity contribution in [3.63, 3.8) is 0 Å². The zero-order valence-corrected chi connectivity index (χ0v) is 17.7. The van der Waals surface area contributed by atoms with E-state index in [1.165, 1.54) is 0 Å². The van der Waals surface area contributed by atoms with Crippen LogP contribution in [0.4, 0.5) is 0 Å². The van der Waals surface area contributed by atoms with Crippen molar-refractivity contribution in [1.29, 1.82) is 0 Å². The number of amides is 1. The standard InChI is InChI=1S/C21H32N6O2/c1-5-10-23-19(28)17-9-7-8-16(11-17)12-24-20(22-6-2)25-15-21(3,29)18-13-26-27(4)14-18/h7-9,11,13-14,29H,5-6,10,12,15H2,1-4H3,(H,23,28)(H2,22,24,25). The van der Waals surface area contributed by atoms with E-state index in [1.807, 2.05) is 39.1 Å². The van der Waals surface area contributed by atoms with Crippen molar-refractivity contribution in [1.82, 2.24) is 25.7 Å². The third-order valence-electron chi connectivity index (χ3n) is 4.42. The number of carbonyl (C=O) groups excluding carboxylic acids is 1. The molecule has 29 heavy (non-hydrogen) atoms. The molecule has 0 aliphatic rings. The third kappa shape index (κ3) is 6.90. The van der Waals surface area contributed by atoms with Crippen LogP contribution in [0.15, 0.2) is 41.7 Å². The van der Waals surface area contributed by atoms with E-state index in [0.29, 0.717) is 31.2 Å². The number of nitrogens with one attached hydrogen (secondary N) is 3. The van der Waals surface area contributed by atoms with Crippen LogP contribution in [-0.2, 0) is 19.2 Å². The highest BCUT2D eigenvalue weighted by Gasteiger charge is 2.25. The largest absolute Gasteiger partial charge is 0.383 e. The van der Waals surface area contributed by atoms with Gasteiger partial charge in [-0.1, -0.05) is 19.1 Å². The highest BCUT2D eigenvalue weighted by Crippen LogP contribution is 2.18. The Hall–Kier alpha value is -2.87. The van der Waals surface area contributed by atoms with Crippen molar-refractivity contribution in [3.8, 4) is 0 Å². The number of benzene rings is 1. The molecular formula is C21H32N6O2. The quantitative estimate of drug-likeness (QED) is 0.377. The fraction of sp³-hybridized carbons (Fsp3) is 0.476. The summed E-state index contributed by atoms with van der Waals surface area (Å²) in [7, 11) is 1.81. The first-order valence-corrected chi connectivity index (χ1v) is 9.96. The lowest BCUT2D eigenvalue weighted by atomic mass is 10.00. The second-order valence-corrected chi connectivity index (χ2v) is 7.18. The molecule has 1 unspecified atom stereocenters. The van der Waals surface area contributed by atoms with Gasteiger partial charge in [-0.25, -0.2) is 4.99 Å². The lowest BCUT2D eigenvalue weighted by Gasteiger charge is -2.23. The van der Waals surface area contributed by atoms with E-state index in [2.05, 4.69) is 26.0 Å². The van der Waals surface area contributed by atoms with Gasteiger partial charge >= 0.3 is 0 Å². The van der Waals surface area contributed by atoms with Gasteiger partial charge in [0.25, 0.3) is 5.91 Å². The molecule has 0 radical (unpaired) electrons. The first kappa shape index (κ1) is 22.4. The van der Waals surface area contributed by atoms with Crippen molar-refractivity contribution >= 4 is 11.9 Å². The number of aromatic nitrogens is 2. The van der Waals surface area contributed by atoms with Gasteiger partial charge in [-0.15, -0.1) is 0 Å². The van der Waals surface area contributed by atoms with Crippen molar-refractivity contribution in [3.05, 3.63) is 53.3 Å². The Kier molecular flexibility index (Phi) is 8.21. The molecule has 8 heteroatoms. The SMILES string of the molecule is CCCNC(=O)c1cccc(CN=C(NCC)NCC(C)(O)c2cnn(C)c2)c1. The normalized spacial score (nSPS) is 13.6. The van der Waals surface area contributed by atoms with Gasteiger partial charge in [-0.3, -0.25) is 9.48 Å². The fourth-order valence-electron chi connectivity index (χ4n) is 2.72. The molecule has 0 spiro atoms. The molecule has 2 rings (SSSR count). The molecule has 0 fully saturated rings. The molecular weight excluding hydrogens is 368 g/mol. The number of aryl methyl sites for hydroxylation is 1. The van der Waals surface area contributed by atoms with Crippen molar-refractivity contribution in [2.24, 2.45) is 12.0 Å². The highest BCUT2D eigenvalue weighted by atomic mass is 16.3. The molecule has 0 saturated carbocycles. The molecule has 0 bridgehead atoms. The molecule has 2 aromatic rings. The van der Waals surface area contributed by atoms with Crippen molar-refractivity contribution in [2.75, 3.05) is 19.6 Å². The second-order valence-electron chi connectivity index (χ2n) is 7.18. The monoisotopic (exact) mass is 400 g/mol. The van der Waals surface area contributed by atoms with Gasteiger partial charge in [-0.2, -0.15) is 5.10 Å². The molecule has 0 saturated heterocycles. The zero-order chi connectivity index (χ0) is 21.3. The highest BCUT2D eigenvalue weighted by molar-refractivity contribution is 5.94. The zero-order valence-electron chi connectivity index (χ0n) is 17.7. The summed E-state index contributed by atoms with van der Waals surface area (Å²) in [5.74, 6) is 0.521. The molecule has 158 valence electrons. The van der Waals surface area contributed by atoms with Gasteiger partial charge in [0.2, 0.25) is 0 Å². The molecule has 4 N–H and O–H groups in total. The van der Waals surface area contributed by atoms with Gasteiger partial charge in [0.1, 0.15) is 5.60 Å². The molecule has 1 aromatic heterocycles. The Morgan fingerprint density at radius 2 is 2.07 bits per heavy atom. The number of rotatable bonds is 9. The first-order chi connectivity index (χ1) is 13.9. The minimum absolute atomic E-state index is 0.0739. The average Bonchev–Trinajstić information content (AvgIpc) is 3.16. The second kappa shape index (κ2) is 10.6. The third-order valence-corrected chi connectivity index (χ3v) is 4.42.